The Labute approximate surface area is 193 Å². The van der Waals surface area contributed by atoms with Crippen molar-refractivity contribution in [3.05, 3.63) is 46.3 Å². The summed E-state index contributed by atoms with van der Waals surface area (Å²) in [5.41, 5.74) is 1.94. The summed E-state index contributed by atoms with van der Waals surface area (Å²) in [6, 6.07) is 1.08. The molecule has 0 radical (unpaired) electrons. The number of carbonyl (C=O) groups is 3. The smallest absolute Gasteiger partial charge is 0.338 e. The maximum Gasteiger partial charge on any atom is 0.338 e. The molecular formula is C23H32N4O4S. The van der Waals surface area contributed by atoms with Gasteiger partial charge in [0.15, 0.2) is 0 Å². The molecule has 0 saturated carbocycles. The van der Waals surface area contributed by atoms with Gasteiger partial charge in [-0.2, -0.15) is 11.3 Å². The third-order valence-electron chi connectivity index (χ3n) is 5.67. The fourth-order valence-corrected chi connectivity index (χ4v) is 4.72. The van der Waals surface area contributed by atoms with E-state index in [1.807, 2.05) is 35.6 Å². The summed E-state index contributed by atoms with van der Waals surface area (Å²) >= 11 is 1.51. The molecule has 2 aliphatic rings. The van der Waals surface area contributed by atoms with Gasteiger partial charge < -0.3 is 15.0 Å². The van der Waals surface area contributed by atoms with Crippen LogP contribution in [-0.2, 0) is 14.3 Å². The number of esters is 1. The summed E-state index contributed by atoms with van der Waals surface area (Å²) in [7, 11) is 0. The summed E-state index contributed by atoms with van der Waals surface area (Å²) < 4.78 is 5.40. The van der Waals surface area contributed by atoms with Gasteiger partial charge in [-0.25, -0.2) is 9.59 Å². The Morgan fingerprint density at radius 1 is 1.31 bits per heavy atom. The van der Waals surface area contributed by atoms with Crippen molar-refractivity contribution in [2.24, 2.45) is 5.92 Å². The average Bonchev–Trinajstić information content (AvgIpc) is 3.31. The molecule has 0 spiro atoms. The number of carbonyl (C=O) groups excluding carboxylic acids is 3. The topological polar surface area (TPSA) is 82.2 Å². The molecule has 1 saturated heterocycles. The lowest BCUT2D eigenvalue weighted by molar-refractivity contribution is -0.139. The molecule has 0 aromatic carbocycles. The van der Waals surface area contributed by atoms with Crippen LogP contribution in [0.2, 0.25) is 0 Å². The molecule has 1 N–H and O–H groups in total. The van der Waals surface area contributed by atoms with E-state index in [1.54, 1.807) is 17.9 Å². The number of ether oxygens (including phenoxy) is 1. The first-order valence-corrected chi connectivity index (χ1v) is 11.9. The summed E-state index contributed by atoms with van der Waals surface area (Å²) in [6.07, 6.45) is 1.65. The normalized spacial score (nSPS) is 19.9. The van der Waals surface area contributed by atoms with Gasteiger partial charge in [0.25, 0.3) is 0 Å². The number of nitrogens with one attached hydrogen (secondary N) is 1. The van der Waals surface area contributed by atoms with E-state index in [1.165, 1.54) is 11.3 Å². The van der Waals surface area contributed by atoms with Crippen LogP contribution in [0, 0.1) is 5.92 Å². The molecule has 0 bridgehead atoms. The van der Waals surface area contributed by atoms with Crippen molar-refractivity contribution in [3.63, 3.8) is 0 Å². The predicted octanol–water partition coefficient (Wildman–Crippen LogP) is 2.62. The quantitative estimate of drug-likeness (QED) is 0.476. The highest BCUT2D eigenvalue weighted by Crippen LogP contribution is 2.33. The Bertz CT molecular complexity index is 873. The SMILES string of the molecule is C=CCN1C(=O)NC(c2ccsc2)C(C(=O)OCC)=C1CN1CCN(C(=O)C(C)C)CC1. The highest BCUT2D eigenvalue weighted by Gasteiger charge is 2.39. The number of thiophene rings is 1. The lowest BCUT2D eigenvalue weighted by Crippen LogP contribution is -2.54. The van der Waals surface area contributed by atoms with Gasteiger partial charge >= 0.3 is 12.0 Å². The number of hydrogen-bond acceptors (Lipinski definition) is 6. The first-order chi connectivity index (χ1) is 15.4. The van der Waals surface area contributed by atoms with Crippen LogP contribution in [0.15, 0.2) is 40.8 Å². The Hall–Kier alpha value is -2.65. The van der Waals surface area contributed by atoms with E-state index < -0.39 is 12.0 Å². The summed E-state index contributed by atoms with van der Waals surface area (Å²) in [4.78, 5) is 44.0. The number of rotatable bonds is 8. The lowest BCUT2D eigenvalue weighted by atomic mass is 9.96. The van der Waals surface area contributed by atoms with E-state index >= 15 is 0 Å². The maximum atomic E-state index is 13.1. The predicted molar refractivity (Wildman–Crippen MR) is 124 cm³/mol. The number of urea groups is 1. The molecule has 3 rings (SSSR count). The van der Waals surface area contributed by atoms with Crippen molar-refractivity contribution in [3.8, 4) is 0 Å². The second-order valence-electron chi connectivity index (χ2n) is 8.18. The van der Waals surface area contributed by atoms with Crippen LogP contribution in [0.25, 0.3) is 0 Å². The molecule has 3 amide bonds. The molecule has 174 valence electrons. The number of nitrogens with zero attached hydrogens (tertiary/aromatic N) is 3. The standard InChI is InChI=1S/C23H32N4O4S/c1-5-8-27-18(14-25-9-11-26(12-10-25)21(28)16(3)4)19(22(29)31-6-2)20(24-23(27)30)17-7-13-32-15-17/h5,7,13,15-16,20H,1,6,8-12,14H2,2-4H3,(H,24,30). The van der Waals surface area contributed by atoms with Crippen LogP contribution in [0.5, 0.6) is 0 Å². The fourth-order valence-electron chi connectivity index (χ4n) is 4.04. The molecule has 32 heavy (non-hydrogen) atoms. The highest BCUT2D eigenvalue weighted by molar-refractivity contribution is 7.08. The summed E-state index contributed by atoms with van der Waals surface area (Å²) in [6.45, 7) is 12.9. The van der Waals surface area contributed by atoms with Crippen molar-refractivity contribution in [2.45, 2.75) is 26.8 Å². The zero-order valence-electron chi connectivity index (χ0n) is 19.0. The molecule has 1 fully saturated rings. The molecular weight excluding hydrogens is 428 g/mol. The van der Waals surface area contributed by atoms with Gasteiger partial charge in [-0.3, -0.25) is 14.6 Å². The van der Waals surface area contributed by atoms with Crippen molar-refractivity contribution in [1.82, 2.24) is 20.0 Å². The third kappa shape index (κ3) is 5.21. The third-order valence-corrected chi connectivity index (χ3v) is 6.37. The maximum absolute atomic E-state index is 13.1. The van der Waals surface area contributed by atoms with Gasteiger partial charge in [-0.15, -0.1) is 6.58 Å². The molecule has 1 aromatic heterocycles. The van der Waals surface area contributed by atoms with Crippen molar-refractivity contribution in [1.29, 1.82) is 0 Å². The monoisotopic (exact) mass is 460 g/mol. The van der Waals surface area contributed by atoms with Crippen LogP contribution in [0.1, 0.15) is 32.4 Å². The minimum Gasteiger partial charge on any atom is -0.463 e. The Balaban J connectivity index is 1.93. The molecule has 2 aliphatic heterocycles. The van der Waals surface area contributed by atoms with Gasteiger partial charge in [0.2, 0.25) is 5.91 Å². The van der Waals surface area contributed by atoms with Gasteiger partial charge in [-0.1, -0.05) is 19.9 Å². The van der Waals surface area contributed by atoms with Crippen LogP contribution >= 0.6 is 11.3 Å². The Morgan fingerprint density at radius 3 is 2.59 bits per heavy atom. The average molecular weight is 461 g/mol. The molecule has 1 aromatic rings. The Morgan fingerprint density at radius 2 is 2.03 bits per heavy atom. The summed E-state index contributed by atoms with van der Waals surface area (Å²) in [5.74, 6) is -0.309. The zero-order valence-corrected chi connectivity index (χ0v) is 19.8. The number of amides is 3. The van der Waals surface area contributed by atoms with Crippen LogP contribution in [0.3, 0.4) is 0 Å². The van der Waals surface area contributed by atoms with E-state index in [-0.39, 0.29) is 31.0 Å². The number of hydrogen-bond donors (Lipinski definition) is 1. The summed E-state index contributed by atoms with van der Waals surface area (Å²) in [5, 5.41) is 6.81. The molecule has 8 nitrogen and oxygen atoms in total. The van der Waals surface area contributed by atoms with E-state index in [4.69, 9.17) is 4.74 Å². The van der Waals surface area contributed by atoms with Crippen LogP contribution < -0.4 is 5.32 Å². The number of piperazine rings is 1. The van der Waals surface area contributed by atoms with Gasteiger partial charge in [0, 0.05) is 50.9 Å². The van der Waals surface area contributed by atoms with Crippen molar-refractivity contribution < 1.29 is 19.1 Å². The van der Waals surface area contributed by atoms with Gasteiger partial charge in [0.05, 0.1) is 18.2 Å². The highest BCUT2D eigenvalue weighted by atomic mass is 32.1. The Kier molecular flexibility index (Phi) is 8.09. The first-order valence-electron chi connectivity index (χ1n) is 11.0. The second kappa shape index (κ2) is 10.8. The van der Waals surface area contributed by atoms with E-state index in [2.05, 4.69) is 16.8 Å². The van der Waals surface area contributed by atoms with Gasteiger partial charge in [0.1, 0.15) is 0 Å². The van der Waals surface area contributed by atoms with E-state index in [0.717, 1.165) is 5.56 Å². The zero-order chi connectivity index (χ0) is 23.3. The van der Waals surface area contributed by atoms with Crippen LogP contribution in [0.4, 0.5) is 4.79 Å². The molecule has 0 aliphatic carbocycles. The van der Waals surface area contributed by atoms with Crippen molar-refractivity contribution >= 4 is 29.2 Å². The van der Waals surface area contributed by atoms with E-state index in [0.29, 0.717) is 44.0 Å². The lowest BCUT2D eigenvalue weighted by Gasteiger charge is -2.40. The van der Waals surface area contributed by atoms with Gasteiger partial charge in [-0.05, 0) is 29.3 Å². The first kappa shape index (κ1) is 24.0. The molecule has 1 unspecified atom stereocenters. The fraction of sp³-hybridized carbons (Fsp3) is 0.522. The van der Waals surface area contributed by atoms with Crippen molar-refractivity contribution in [2.75, 3.05) is 45.9 Å². The molecule has 1 atom stereocenters. The molecule has 3 heterocycles. The van der Waals surface area contributed by atoms with Crippen LogP contribution in [-0.4, -0.2) is 78.5 Å². The largest absolute Gasteiger partial charge is 0.463 e. The minimum atomic E-state index is -0.562. The van der Waals surface area contributed by atoms with E-state index in [9.17, 15) is 14.4 Å². The second-order valence-corrected chi connectivity index (χ2v) is 8.96. The minimum absolute atomic E-state index is 0.0313. The molecule has 9 heteroatoms.